The second-order valence-electron chi connectivity index (χ2n) is 3.46. The van der Waals surface area contributed by atoms with Crippen LogP contribution < -0.4 is 0 Å². The highest BCUT2D eigenvalue weighted by atomic mass is 16.3. The van der Waals surface area contributed by atoms with Crippen LogP contribution in [-0.4, -0.2) is 23.6 Å². The summed E-state index contributed by atoms with van der Waals surface area (Å²) in [5, 5.41) is 23.9. The van der Waals surface area contributed by atoms with Crippen LogP contribution in [0.3, 0.4) is 0 Å². The molecule has 15 heavy (non-hydrogen) atoms. The minimum Gasteiger partial charge on any atom is -0.392 e. The SMILES string of the molecule is N=CCC(O)C(CC=N)c1ccccc1. The predicted molar refractivity (Wildman–Crippen MR) is 62.0 cm³/mol. The van der Waals surface area contributed by atoms with Gasteiger partial charge in [-0.1, -0.05) is 30.3 Å². The van der Waals surface area contributed by atoms with Gasteiger partial charge in [-0.2, -0.15) is 0 Å². The highest BCUT2D eigenvalue weighted by molar-refractivity contribution is 5.57. The van der Waals surface area contributed by atoms with Crippen LogP contribution in [0.4, 0.5) is 0 Å². The van der Waals surface area contributed by atoms with E-state index in [0.29, 0.717) is 12.8 Å². The van der Waals surface area contributed by atoms with Crippen LogP contribution in [0.1, 0.15) is 24.3 Å². The highest BCUT2D eigenvalue weighted by Gasteiger charge is 2.18. The van der Waals surface area contributed by atoms with Gasteiger partial charge in [-0.05, 0) is 24.4 Å². The van der Waals surface area contributed by atoms with Crippen molar-refractivity contribution in [2.75, 3.05) is 0 Å². The fourth-order valence-electron chi connectivity index (χ4n) is 1.63. The monoisotopic (exact) mass is 204 g/mol. The van der Waals surface area contributed by atoms with E-state index in [4.69, 9.17) is 10.8 Å². The van der Waals surface area contributed by atoms with Crippen LogP contribution in [0, 0.1) is 10.8 Å². The molecule has 1 rings (SSSR count). The molecule has 2 atom stereocenters. The molecule has 80 valence electrons. The van der Waals surface area contributed by atoms with Crippen molar-refractivity contribution >= 4 is 12.4 Å². The fraction of sp³-hybridized carbons (Fsp3) is 0.333. The summed E-state index contributed by atoms with van der Waals surface area (Å²) >= 11 is 0. The molecule has 3 heteroatoms. The summed E-state index contributed by atoms with van der Waals surface area (Å²) in [5.41, 5.74) is 1.02. The van der Waals surface area contributed by atoms with E-state index in [0.717, 1.165) is 5.56 Å². The lowest BCUT2D eigenvalue weighted by molar-refractivity contribution is 0.153. The minimum atomic E-state index is -0.577. The van der Waals surface area contributed by atoms with Crippen molar-refractivity contribution in [3.63, 3.8) is 0 Å². The molecule has 2 unspecified atom stereocenters. The molecule has 3 N–H and O–H groups in total. The van der Waals surface area contributed by atoms with Crippen molar-refractivity contribution in [3.8, 4) is 0 Å². The Morgan fingerprint density at radius 1 is 1.07 bits per heavy atom. The first-order valence-electron chi connectivity index (χ1n) is 5.00. The van der Waals surface area contributed by atoms with Crippen LogP contribution in [0.5, 0.6) is 0 Å². The van der Waals surface area contributed by atoms with Crippen molar-refractivity contribution in [1.29, 1.82) is 10.8 Å². The minimum absolute atomic E-state index is 0.0784. The lowest BCUT2D eigenvalue weighted by Gasteiger charge is -2.20. The number of aliphatic hydroxyl groups excluding tert-OH is 1. The number of benzene rings is 1. The average molecular weight is 204 g/mol. The number of nitrogens with one attached hydrogen (secondary N) is 2. The molecular formula is C12H16N2O. The normalized spacial score (nSPS) is 14.2. The predicted octanol–water partition coefficient (Wildman–Crippen LogP) is 2.21. The van der Waals surface area contributed by atoms with Gasteiger partial charge in [0.05, 0.1) is 6.10 Å². The summed E-state index contributed by atoms with van der Waals surface area (Å²) in [6.45, 7) is 0. The van der Waals surface area contributed by atoms with Gasteiger partial charge < -0.3 is 15.9 Å². The molecule has 0 aromatic heterocycles. The van der Waals surface area contributed by atoms with Gasteiger partial charge in [0, 0.05) is 12.3 Å². The molecule has 3 nitrogen and oxygen atoms in total. The van der Waals surface area contributed by atoms with Crippen molar-refractivity contribution in [3.05, 3.63) is 35.9 Å². The molecule has 1 aromatic rings. The summed E-state index contributed by atoms with van der Waals surface area (Å²) in [6.07, 6.45) is 2.80. The summed E-state index contributed by atoms with van der Waals surface area (Å²) in [4.78, 5) is 0. The Hall–Kier alpha value is -1.48. The van der Waals surface area contributed by atoms with E-state index < -0.39 is 6.10 Å². The summed E-state index contributed by atoms with van der Waals surface area (Å²) < 4.78 is 0. The summed E-state index contributed by atoms with van der Waals surface area (Å²) in [6, 6.07) is 9.66. The first-order valence-corrected chi connectivity index (χ1v) is 5.00. The van der Waals surface area contributed by atoms with Gasteiger partial charge in [-0.3, -0.25) is 0 Å². The van der Waals surface area contributed by atoms with Crippen molar-refractivity contribution in [2.24, 2.45) is 0 Å². The molecule has 0 radical (unpaired) electrons. The van der Waals surface area contributed by atoms with Gasteiger partial charge in [-0.15, -0.1) is 0 Å². The zero-order chi connectivity index (χ0) is 11.1. The maximum atomic E-state index is 9.84. The van der Waals surface area contributed by atoms with Crippen molar-refractivity contribution < 1.29 is 5.11 Å². The van der Waals surface area contributed by atoms with Gasteiger partial charge in [0.2, 0.25) is 0 Å². The lowest BCUT2D eigenvalue weighted by Crippen LogP contribution is -2.19. The maximum absolute atomic E-state index is 9.84. The number of rotatable bonds is 6. The van der Waals surface area contributed by atoms with E-state index in [1.54, 1.807) is 0 Å². The Morgan fingerprint density at radius 2 is 1.67 bits per heavy atom. The van der Waals surface area contributed by atoms with Crippen molar-refractivity contribution in [2.45, 2.75) is 24.9 Å². The van der Waals surface area contributed by atoms with Crippen LogP contribution >= 0.6 is 0 Å². The average Bonchev–Trinajstić information content (AvgIpc) is 2.27. The Kier molecular flexibility index (Phi) is 4.71. The Balaban J connectivity index is 2.82. The molecule has 0 saturated carbocycles. The van der Waals surface area contributed by atoms with Gasteiger partial charge in [-0.25, -0.2) is 0 Å². The van der Waals surface area contributed by atoms with Crippen molar-refractivity contribution in [1.82, 2.24) is 0 Å². The zero-order valence-corrected chi connectivity index (χ0v) is 8.56. The zero-order valence-electron chi connectivity index (χ0n) is 8.56. The Bertz CT molecular complexity index is 311. The van der Waals surface area contributed by atoms with Crippen LogP contribution in [0.2, 0.25) is 0 Å². The number of hydrogen-bond acceptors (Lipinski definition) is 3. The van der Waals surface area contributed by atoms with E-state index >= 15 is 0 Å². The summed E-state index contributed by atoms with van der Waals surface area (Å²) in [7, 11) is 0. The quantitative estimate of drug-likeness (QED) is 0.611. The maximum Gasteiger partial charge on any atom is 0.0661 e. The van der Waals surface area contributed by atoms with Gasteiger partial charge in [0.25, 0.3) is 0 Å². The third-order valence-corrected chi connectivity index (χ3v) is 2.42. The molecular weight excluding hydrogens is 188 g/mol. The first kappa shape index (κ1) is 11.6. The Labute approximate surface area is 89.8 Å². The van der Waals surface area contributed by atoms with Crippen LogP contribution in [0.25, 0.3) is 0 Å². The molecule has 0 heterocycles. The molecule has 0 aliphatic carbocycles. The third-order valence-electron chi connectivity index (χ3n) is 2.42. The van der Waals surface area contributed by atoms with E-state index in [9.17, 15) is 5.11 Å². The molecule has 0 aliphatic rings. The highest BCUT2D eigenvalue weighted by Crippen LogP contribution is 2.23. The van der Waals surface area contributed by atoms with E-state index in [-0.39, 0.29) is 5.92 Å². The second-order valence-corrected chi connectivity index (χ2v) is 3.46. The standard InChI is InChI=1S/C12H16N2O/c13-8-6-11(12(15)7-9-14)10-4-2-1-3-5-10/h1-5,8-9,11-15H,6-7H2. The van der Waals surface area contributed by atoms with Crippen LogP contribution in [0.15, 0.2) is 30.3 Å². The number of aliphatic hydroxyl groups is 1. The second kappa shape index (κ2) is 6.09. The molecule has 0 bridgehead atoms. The van der Waals surface area contributed by atoms with Gasteiger partial charge >= 0.3 is 0 Å². The first-order chi connectivity index (χ1) is 7.29. The van der Waals surface area contributed by atoms with E-state index in [2.05, 4.69) is 0 Å². The smallest absolute Gasteiger partial charge is 0.0661 e. The summed E-state index contributed by atoms with van der Waals surface area (Å²) in [5.74, 6) is -0.0784. The molecule has 0 aliphatic heterocycles. The fourth-order valence-corrected chi connectivity index (χ4v) is 1.63. The Morgan fingerprint density at radius 3 is 2.20 bits per heavy atom. The molecule has 1 aromatic carbocycles. The van der Waals surface area contributed by atoms with E-state index in [1.807, 2.05) is 30.3 Å². The van der Waals surface area contributed by atoms with Gasteiger partial charge in [0.15, 0.2) is 0 Å². The molecule has 0 spiro atoms. The topological polar surface area (TPSA) is 67.9 Å². The largest absolute Gasteiger partial charge is 0.392 e. The van der Waals surface area contributed by atoms with E-state index in [1.165, 1.54) is 12.4 Å². The molecule has 0 amide bonds. The van der Waals surface area contributed by atoms with Crippen LogP contribution in [-0.2, 0) is 0 Å². The van der Waals surface area contributed by atoms with Gasteiger partial charge in [0.1, 0.15) is 0 Å². The lowest BCUT2D eigenvalue weighted by atomic mass is 9.89. The molecule has 0 saturated heterocycles. The third kappa shape index (κ3) is 3.29. The molecule has 0 fully saturated rings. The number of hydrogen-bond donors (Lipinski definition) is 3.